The number of nitrogens with two attached hydrogens (primary N) is 1. The molecule has 40 nitrogen and oxygen atoms in total. The summed E-state index contributed by atoms with van der Waals surface area (Å²) in [4.78, 5) is 117. The summed E-state index contributed by atoms with van der Waals surface area (Å²) in [5.74, 6) is -7.32. The Morgan fingerprint density at radius 2 is 0.802 bits per heavy atom. The van der Waals surface area contributed by atoms with E-state index in [-0.39, 0.29) is 90.3 Å². The zero-order valence-corrected chi connectivity index (χ0v) is 55.9. The Hall–Kier alpha value is -6.27. The summed E-state index contributed by atoms with van der Waals surface area (Å²) in [7, 11) is 0. The first kappa shape index (κ1) is 90.8. The Bertz CT molecular complexity index is 2560. The molecule has 0 aliphatic carbocycles. The van der Waals surface area contributed by atoms with E-state index in [2.05, 4.69) is 37.2 Å². The zero-order valence-electron chi connectivity index (χ0n) is 56.9. The lowest BCUT2D eigenvalue weighted by Crippen LogP contribution is -2.54. The number of carbonyl (C=O) groups is 9. The monoisotopic (exact) mass is 1460 g/mol. The number of carboxylic acid groups (broad SMARTS) is 1. The van der Waals surface area contributed by atoms with Crippen LogP contribution in [0.1, 0.15) is 77.6 Å². The second kappa shape index (κ2) is 51.0. The van der Waals surface area contributed by atoms with Crippen molar-refractivity contribution < 1.29 is 152 Å². The highest BCUT2D eigenvalue weighted by Gasteiger charge is 2.37. The van der Waals surface area contributed by atoms with Crippen LogP contribution in [-0.2, 0) is 49.6 Å². The van der Waals surface area contributed by atoms with Crippen LogP contribution < -0.4 is 43.0 Å². The van der Waals surface area contributed by atoms with Gasteiger partial charge in [-0.25, -0.2) is 4.79 Å². The number of rotatable bonds is 57. The summed E-state index contributed by atoms with van der Waals surface area (Å²) in [5, 5.41) is 229. The number of aliphatic hydroxyl groups excluding tert-OH is 20. The van der Waals surface area contributed by atoms with Crippen molar-refractivity contribution in [3.05, 3.63) is 35.9 Å². The van der Waals surface area contributed by atoms with E-state index >= 15 is 0 Å². The molecule has 0 bridgehead atoms. The predicted molar refractivity (Wildman–Crippen MR) is 348 cm³/mol. The predicted octanol–water partition coefficient (Wildman–Crippen LogP) is -14.6. The van der Waals surface area contributed by atoms with Crippen LogP contribution in [0.15, 0.2) is 30.3 Å². The number of nitrogens with zero attached hydrogens (tertiary/aromatic N) is 2. The maximum Gasteiger partial charge on any atom is 0.326 e. The van der Waals surface area contributed by atoms with Crippen LogP contribution in [0.25, 0.3) is 0 Å². The van der Waals surface area contributed by atoms with Gasteiger partial charge in [-0.1, -0.05) is 36.8 Å². The average molecular weight is 1460 g/mol. The molecule has 0 aliphatic rings. The van der Waals surface area contributed by atoms with E-state index < -0.39 is 254 Å². The number of nitrogens with one attached hydrogen (secondary N) is 7. The lowest BCUT2D eigenvalue weighted by Gasteiger charge is -2.33. The molecule has 0 spiro atoms. The summed E-state index contributed by atoms with van der Waals surface area (Å²) in [6, 6.07) is 2.69. The maximum atomic E-state index is 14.0. The van der Waals surface area contributed by atoms with Gasteiger partial charge in [-0.3, -0.25) is 43.4 Å². The van der Waals surface area contributed by atoms with Gasteiger partial charge in [0.25, 0.3) is 0 Å². The van der Waals surface area contributed by atoms with Crippen LogP contribution in [0.4, 0.5) is 0 Å². The van der Waals surface area contributed by atoms with Crippen molar-refractivity contribution in [2.45, 2.75) is 199 Å². The summed E-state index contributed by atoms with van der Waals surface area (Å²) < 4.78 is 7.03. The highest BCUT2D eigenvalue weighted by molar-refractivity contribution is 5.93. The molecule has 1 aromatic rings. The van der Waals surface area contributed by atoms with Crippen molar-refractivity contribution in [2.24, 2.45) is 5.73 Å². The minimum Gasteiger partial charge on any atom is -0.480 e. The Balaban J connectivity index is 3.23. The molecule has 40 heteroatoms. The van der Waals surface area contributed by atoms with Crippen LogP contribution in [0.2, 0.25) is 0 Å². The second-order valence-electron chi connectivity index (χ2n) is 24.3. The van der Waals surface area contributed by atoms with Crippen molar-refractivity contribution in [3.8, 4) is 0 Å². The third-order valence-electron chi connectivity index (χ3n) is 16.1. The van der Waals surface area contributed by atoms with Gasteiger partial charge < -0.3 is 155 Å². The fourth-order valence-corrected chi connectivity index (χ4v) is 9.93. The van der Waals surface area contributed by atoms with Crippen molar-refractivity contribution in [2.75, 3.05) is 91.9 Å². The first-order valence-corrected chi connectivity index (χ1v) is 32.8. The van der Waals surface area contributed by atoms with Crippen LogP contribution in [-0.4, -0.2) is 384 Å². The van der Waals surface area contributed by atoms with Gasteiger partial charge in [0, 0.05) is 52.0 Å². The average Bonchev–Trinajstić information content (AvgIpc) is 0.902. The number of unbranched alkanes of at least 4 members (excludes halogenated alkanes) is 3. The largest absolute Gasteiger partial charge is 0.480 e. The SMILES string of the molecule is [2H]C(=O)CNC(=O)[C@H](Cc1ccccc1)NC(=O)CNC(=O)CNC(=O)CCC(=O)NCCCC[C@H](NC(=O)[C@@H](N)CCCCN(C[C@H](O)[C@@H](O)[C@H](O)[C@H](O)CO)C[C@H](O)[C@@H](O)[C@H](O)[C@H](O)CO)C(=O)N[C@@H](CCCCN(C[C@H](O)[C@@H](O)[C@H](O)[C@H](O)CO)C[C@H](O)[C@@H](O)[C@H](O)[C@H](O)CO)C(=O)O. The smallest absolute Gasteiger partial charge is 0.326 e. The molecule has 582 valence electrons. The standard InChI is InChI=1S/C61H108N10O30/c62-34(12-5-8-19-70(25-38(77)50(89)54(93)42(81)29-73)26-39(78)51(90)55(94)43(82)30-74)58(97)68-35(60(99)69-36(61(100)101)14-6-9-20-71(27-40(79)52(91)56(95)44(83)31-75)28-41(80)53(92)57(96)45(84)32-76)13-4-7-17-63-46(85)15-16-47(86)65-23-48(87)66-24-49(88)67-37(59(98)64-18-21-72)22-33-10-2-1-3-11-33/h1-3,10-11,21,34-45,50-57,73-84,89-96H,4-9,12-20,22-32,62H2,(H,63,85)(H,64,98)(H,65,86)(H,66,87)(H,67,88)(H,68,97)(H,69,99)(H,100,101)/t34-,35-,36-,37-,38-,39-,40-,41-,42+,43+,44+,45+,50+,51+,52+,53+,54+,55+,56+,57+/m0/s1/i21D. The van der Waals surface area contributed by atoms with Gasteiger partial charge >= 0.3 is 5.97 Å². The van der Waals surface area contributed by atoms with E-state index in [4.69, 9.17) is 7.10 Å². The molecule has 101 heavy (non-hydrogen) atoms. The molecule has 7 amide bonds. The van der Waals surface area contributed by atoms with Crippen LogP contribution in [0.5, 0.6) is 0 Å². The van der Waals surface area contributed by atoms with Crippen molar-refractivity contribution >= 4 is 53.6 Å². The van der Waals surface area contributed by atoms with Crippen LogP contribution in [0, 0.1) is 0 Å². The Morgan fingerprint density at radius 3 is 1.23 bits per heavy atom. The molecule has 0 heterocycles. The second-order valence-corrected chi connectivity index (χ2v) is 24.3. The Kier molecular flexibility index (Phi) is 45.8. The molecule has 0 aliphatic heterocycles. The Morgan fingerprint density at radius 1 is 0.426 bits per heavy atom. The van der Waals surface area contributed by atoms with Crippen molar-refractivity contribution in [3.63, 3.8) is 0 Å². The molecule has 0 radical (unpaired) electrons. The molecule has 0 fully saturated rings. The van der Waals surface area contributed by atoms with Crippen LogP contribution >= 0.6 is 0 Å². The lowest BCUT2D eigenvalue weighted by molar-refractivity contribution is -0.142. The lowest BCUT2D eigenvalue weighted by atomic mass is 10.0. The maximum absolute atomic E-state index is 14.0. The van der Waals surface area contributed by atoms with Gasteiger partial charge in [0.05, 0.1) is 76.5 Å². The number of amides is 7. The van der Waals surface area contributed by atoms with Gasteiger partial charge in [0.2, 0.25) is 41.4 Å². The molecule has 0 saturated heterocycles. The van der Waals surface area contributed by atoms with Gasteiger partial charge in [0.15, 0.2) is 0 Å². The van der Waals surface area contributed by atoms with Crippen molar-refractivity contribution in [1.29, 1.82) is 0 Å². The minimum atomic E-state index is -2.10. The first-order chi connectivity index (χ1) is 48.0. The highest BCUT2D eigenvalue weighted by atomic mass is 16.4. The molecule has 30 N–H and O–H groups in total. The van der Waals surface area contributed by atoms with Gasteiger partial charge in [-0.15, -0.1) is 0 Å². The molecule has 0 saturated carbocycles. The summed E-state index contributed by atoms with van der Waals surface area (Å²) in [6.45, 7) is -8.82. The van der Waals surface area contributed by atoms with E-state index in [9.17, 15) is 150 Å². The highest BCUT2D eigenvalue weighted by Crippen LogP contribution is 2.16. The Labute approximate surface area is 583 Å². The number of aliphatic hydroxyl groups is 20. The van der Waals surface area contributed by atoms with E-state index in [0.29, 0.717) is 5.56 Å². The third-order valence-corrected chi connectivity index (χ3v) is 16.1. The number of aldehydes is 1. The fourth-order valence-electron chi connectivity index (χ4n) is 9.93. The molecule has 20 atom stereocenters. The molecular formula is C61H108N10O30. The van der Waals surface area contributed by atoms with E-state index in [1.54, 1.807) is 30.3 Å². The van der Waals surface area contributed by atoms with Gasteiger partial charge in [-0.2, -0.15) is 0 Å². The number of hydrogen-bond acceptors (Lipinski definition) is 32. The molecular weight excluding hydrogens is 1350 g/mol. The number of carboxylic acids is 1. The van der Waals surface area contributed by atoms with Crippen molar-refractivity contribution in [1.82, 2.24) is 47.0 Å². The quantitative estimate of drug-likeness (QED) is 0.0213. The zero-order chi connectivity index (χ0) is 77.3. The first-order valence-electron chi connectivity index (χ1n) is 33.3. The molecule has 1 rings (SSSR count). The van der Waals surface area contributed by atoms with Gasteiger partial charge in [-0.05, 0) is 70.0 Å². The molecule has 0 unspecified atom stereocenters. The minimum absolute atomic E-state index is 0.00351. The fraction of sp³-hybridized carbons (Fsp3) is 0.754. The van der Waals surface area contributed by atoms with Crippen LogP contribution in [0.3, 0.4) is 0 Å². The van der Waals surface area contributed by atoms with Gasteiger partial charge in [0.1, 0.15) is 99.0 Å². The summed E-state index contributed by atoms with van der Waals surface area (Å²) >= 11 is 0. The normalized spacial score (nSPS) is 17.9. The summed E-state index contributed by atoms with van der Waals surface area (Å²) in [6.07, 6.45) is -34.3. The van der Waals surface area contributed by atoms with E-state index in [1.807, 2.05) is 0 Å². The molecule has 0 aromatic heterocycles. The number of hydrogen-bond donors (Lipinski definition) is 29. The number of aliphatic carboxylic acids is 1. The van der Waals surface area contributed by atoms with E-state index in [1.165, 1.54) is 9.80 Å². The summed E-state index contributed by atoms with van der Waals surface area (Å²) in [5.41, 5.74) is 6.91. The third kappa shape index (κ3) is 36.6. The number of carbonyl (C=O) groups excluding carboxylic acids is 8. The topological polar surface area (TPSA) is 695 Å². The van der Waals surface area contributed by atoms with E-state index in [0.717, 1.165) is 0 Å². The number of benzene rings is 1. The molecule has 1 aromatic carbocycles.